The number of nitrogen functional groups attached to an aromatic ring is 1. The first kappa shape index (κ1) is 13.5. The van der Waals surface area contributed by atoms with Crippen LogP contribution in [0.1, 0.15) is 26.5 Å². The molecule has 0 spiro atoms. The highest BCUT2D eigenvalue weighted by molar-refractivity contribution is 5.76. The van der Waals surface area contributed by atoms with E-state index in [-0.39, 0.29) is 16.8 Å². The molecule has 0 saturated carbocycles. The van der Waals surface area contributed by atoms with E-state index >= 15 is 0 Å². The van der Waals surface area contributed by atoms with Gasteiger partial charge in [-0.15, -0.1) is 0 Å². The summed E-state index contributed by atoms with van der Waals surface area (Å²) in [6.45, 7) is 6.07. The van der Waals surface area contributed by atoms with Gasteiger partial charge in [0.25, 0.3) is 0 Å². The summed E-state index contributed by atoms with van der Waals surface area (Å²) >= 11 is 0. The Hall–Kier alpha value is -1.91. The summed E-state index contributed by atoms with van der Waals surface area (Å²) < 4.78 is 32.0. The van der Waals surface area contributed by atoms with Gasteiger partial charge < -0.3 is 10.3 Å². The van der Waals surface area contributed by atoms with Gasteiger partial charge in [0.2, 0.25) is 0 Å². The van der Waals surface area contributed by atoms with Crippen LogP contribution in [0.4, 0.5) is 14.6 Å². The normalized spacial score (nSPS) is 11.8. The average Bonchev–Trinajstić information content (AvgIpc) is 2.58. The molecular formula is C14H16F2N2O. The number of halogens is 2. The van der Waals surface area contributed by atoms with Crippen molar-refractivity contribution in [2.75, 3.05) is 5.73 Å². The van der Waals surface area contributed by atoms with E-state index in [0.717, 1.165) is 6.07 Å². The van der Waals surface area contributed by atoms with Gasteiger partial charge in [-0.05, 0) is 17.5 Å². The van der Waals surface area contributed by atoms with Gasteiger partial charge in [-0.1, -0.05) is 25.9 Å². The van der Waals surface area contributed by atoms with Gasteiger partial charge in [0.15, 0.2) is 5.82 Å². The maximum atomic E-state index is 13.8. The van der Waals surface area contributed by atoms with Crippen LogP contribution in [0.5, 0.6) is 0 Å². The Kier molecular flexibility index (Phi) is 3.30. The fraction of sp³-hybridized carbons (Fsp3) is 0.357. The van der Waals surface area contributed by atoms with Crippen molar-refractivity contribution >= 4 is 5.82 Å². The molecule has 2 aromatic rings. The molecule has 1 aromatic heterocycles. The molecule has 0 radical (unpaired) electrons. The molecule has 0 amide bonds. The number of hydrogen-bond donors (Lipinski definition) is 1. The van der Waals surface area contributed by atoms with Crippen LogP contribution in [0, 0.1) is 17.0 Å². The smallest absolute Gasteiger partial charge is 0.175 e. The summed E-state index contributed by atoms with van der Waals surface area (Å²) in [5.74, 6) is -0.682. The lowest BCUT2D eigenvalue weighted by Crippen LogP contribution is -2.09. The first-order chi connectivity index (χ1) is 8.78. The monoisotopic (exact) mass is 266 g/mol. The van der Waals surface area contributed by atoms with Crippen molar-refractivity contribution in [2.45, 2.75) is 27.2 Å². The number of benzene rings is 1. The lowest BCUT2D eigenvalue weighted by Gasteiger charge is -2.16. The first-order valence-electron chi connectivity index (χ1n) is 5.97. The van der Waals surface area contributed by atoms with Crippen molar-refractivity contribution in [2.24, 2.45) is 5.41 Å². The molecular weight excluding hydrogens is 250 g/mol. The SMILES string of the molecule is CC(C)(C)Cc1onc(N)c1-c1ccc(F)cc1F. The van der Waals surface area contributed by atoms with Crippen molar-refractivity contribution in [3.05, 3.63) is 35.6 Å². The Morgan fingerprint density at radius 1 is 1.26 bits per heavy atom. The quantitative estimate of drug-likeness (QED) is 0.899. The predicted molar refractivity (Wildman–Crippen MR) is 69.4 cm³/mol. The standard InChI is InChI=1S/C14H16F2N2O/c1-14(2,3)7-11-12(13(17)18-19-11)9-5-4-8(15)6-10(9)16/h4-6H,7H2,1-3H3,(H2,17,18). The van der Waals surface area contributed by atoms with E-state index in [0.29, 0.717) is 17.7 Å². The van der Waals surface area contributed by atoms with Crippen molar-refractivity contribution in [1.29, 1.82) is 0 Å². The molecule has 0 aliphatic carbocycles. The number of nitrogens with zero attached hydrogens (tertiary/aromatic N) is 1. The van der Waals surface area contributed by atoms with E-state index in [9.17, 15) is 8.78 Å². The number of nitrogens with two attached hydrogens (primary N) is 1. The molecule has 0 fully saturated rings. The molecule has 1 heterocycles. The third-order valence-electron chi connectivity index (χ3n) is 2.68. The zero-order valence-corrected chi connectivity index (χ0v) is 11.1. The van der Waals surface area contributed by atoms with E-state index in [4.69, 9.17) is 10.3 Å². The molecule has 5 heteroatoms. The van der Waals surface area contributed by atoms with Gasteiger partial charge in [-0.2, -0.15) is 0 Å². The van der Waals surface area contributed by atoms with E-state index in [1.807, 2.05) is 20.8 Å². The number of rotatable bonds is 2. The number of hydrogen-bond acceptors (Lipinski definition) is 3. The minimum absolute atomic E-state index is 0.0583. The zero-order chi connectivity index (χ0) is 14.2. The molecule has 2 rings (SSSR count). The van der Waals surface area contributed by atoms with Crippen LogP contribution in [0.15, 0.2) is 22.7 Å². The highest BCUT2D eigenvalue weighted by atomic mass is 19.1. The van der Waals surface area contributed by atoms with Gasteiger partial charge in [-0.25, -0.2) is 8.78 Å². The van der Waals surface area contributed by atoms with Gasteiger partial charge in [0.05, 0.1) is 5.56 Å². The first-order valence-corrected chi connectivity index (χ1v) is 5.97. The van der Waals surface area contributed by atoms with Crippen LogP contribution in [0.3, 0.4) is 0 Å². The average molecular weight is 266 g/mol. The van der Waals surface area contributed by atoms with Crippen molar-refractivity contribution in [1.82, 2.24) is 5.16 Å². The third kappa shape index (κ3) is 2.92. The topological polar surface area (TPSA) is 52.0 Å². The van der Waals surface area contributed by atoms with Crippen LogP contribution in [0.2, 0.25) is 0 Å². The molecule has 0 aliphatic heterocycles. The van der Waals surface area contributed by atoms with E-state index in [1.54, 1.807) is 0 Å². The highest BCUT2D eigenvalue weighted by Gasteiger charge is 2.23. The van der Waals surface area contributed by atoms with Crippen LogP contribution < -0.4 is 5.73 Å². The fourth-order valence-corrected chi connectivity index (χ4v) is 1.92. The van der Waals surface area contributed by atoms with Gasteiger partial charge in [0.1, 0.15) is 17.4 Å². The summed E-state index contributed by atoms with van der Waals surface area (Å²) in [6, 6.07) is 3.36. The molecule has 0 aliphatic rings. The molecule has 0 atom stereocenters. The minimum atomic E-state index is -0.676. The number of aromatic nitrogens is 1. The van der Waals surface area contributed by atoms with Crippen LogP contribution in [-0.4, -0.2) is 5.16 Å². The Balaban J connectivity index is 2.52. The minimum Gasteiger partial charge on any atom is -0.380 e. The zero-order valence-electron chi connectivity index (χ0n) is 11.1. The maximum absolute atomic E-state index is 13.8. The fourth-order valence-electron chi connectivity index (χ4n) is 1.92. The van der Waals surface area contributed by atoms with Crippen molar-refractivity contribution in [3.63, 3.8) is 0 Å². The Bertz CT molecular complexity index is 600. The maximum Gasteiger partial charge on any atom is 0.175 e. The summed E-state index contributed by atoms with van der Waals surface area (Å²) in [4.78, 5) is 0. The second-order valence-electron chi connectivity index (χ2n) is 5.73. The Labute approximate surface area is 110 Å². The summed E-state index contributed by atoms with van der Waals surface area (Å²) in [6.07, 6.45) is 0.559. The molecule has 3 nitrogen and oxygen atoms in total. The summed E-state index contributed by atoms with van der Waals surface area (Å²) in [5.41, 5.74) is 6.29. The Morgan fingerprint density at radius 2 is 1.95 bits per heavy atom. The van der Waals surface area contributed by atoms with Gasteiger partial charge in [-0.3, -0.25) is 0 Å². The van der Waals surface area contributed by atoms with Crippen molar-refractivity contribution < 1.29 is 13.3 Å². The molecule has 0 unspecified atom stereocenters. The van der Waals surface area contributed by atoms with E-state index in [1.165, 1.54) is 12.1 Å². The molecule has 1 aromatic carbocycles. The Morgan fingerprint density at radius 3 is 2.53 bits per heavy atom. The second kappa shape index (κ2) is 4.64. The van der Waals surface area contributed by atoms with Gasteiger partial charge >= 0.3 is 0 Å². The number of anilines is 1. The molecule has 2 N–H and O–H groups in total. The van der Waals surface area contributed by atoms with Gasteiger partial charge in [0, 0.05) is 18.1 Å². The molecule has 19 heavy (non-hydrogen) atoms. The van der Waals surface area contributed by atoms with E-state index < -0.39 is 11.6 Å². The molecule has 0 bridgehead atoms. The van der Waals surface area contributed by atoms with Crippen molar-refractivity contribution in [3.8, 4) is 11.1 Å². The van der Waals surface area contributed by atoms with Crippen LogP contribution >= 0.6 is 0 Å². The highest BCUT2D eigenvalue weighted by Crippen LogP contribution is 2.35. The molecule has 102 valence electrons. The van der Waals surface area contributed by atoms with Crippen LogP contribution in [-0.2, 0) is 6.42 Å². The van der Waals surface area contributed by atoms with Crippen LogP contribution in [0.25, 0.3) is 11.1 Å². The van der Waals surface area contributed by atoms with E-state index in [2.05, 4.69) is 5.16 Å². The molecule has 0 saturated heterocycles. The third-order valence-corrected chi connectivity index (χ3v) is 2.68. The lowest BCUT2D eigenvalue weighted by atomic mass is 9.88. The summed E-state index contributed by atoms with van der Waals surface area (Å²) in [7, 11) is 0. The largest absolute Gasteiger partial charge is 0.380 e. The lowest BCUT2D eigenvalue weighted by molar-refractivity contribution is 0.322. The summed E-state index contributed by atoms with van der Waals surface area (Å²) in [5, 5.41) is 3.68. The second-order valence-corrected chi connectivity index (χ2v) is 5.73. The predicted octanol–water partition coefficient (Wildman–Crippen LogP) is 3.79.